The molecule has 0 saturated heterocycles. The fourth-order valence-electron chi connectivity index (χ4n) is 1.24. The molecule has 0 bridgehead atoms. The number of anilines is 1. The van der Waals surface area contributed by atoms with Crippen LogP contribution in [0.5, 0.6) is 0 Å². The van der Waals surface area contributed by atoms with Crippen LogP contribution in [0.2, 0.25) is 0 Å². The van der Waals surface area contributed by atoms with Crippen LogP contribution < -0.4 is 10.9 Å². The lowest BCUT2D eigenvalue weighted by Gasteiger charge is -2.08. The van der Waals surface area contributed by atoms with E-state index in [2.05, 4.69) is 33.3 Å². The zero-order valence-electron chi connectivity index (χ0n) is 10.2. The summed E-state index contributed by atoms with van der Waals surface area (Å²) in [6.07, 6.45) is 3.84. The van der Waals surface area contributed by atoms with Gasteiger partial charge in [-0.1, -0.05) is 13.3 Å². The molecule has 5 nitrogen and oxygen atoms in total. The van der Waals surface area contributed by atoms with Gasteiger partial charge in [0.15, 0.2) is 0 Å². The number of aryl methyl sites for hydroxylation is 1. The van der Waals surface area contributed by atoms with Crippen molar-refractivity contribution in [2.45, 2.75) is 19.8 Å². The molecule has 0 radical (unpaired) electrons. The van der Waals surface area contributed by atoms with Crippen LogP contribution in [-0.2, 0) is 11.8 Å². The van der Waals surface area contributed by atoms with Crippen molar-refractivity contribution < 1.29 is 4.74 Å². The van der Waals surface area contributed by atoms with E-state index in [0.29, 0.717) is 23.3 Å². The van der Waals surface area contributed by atoms with Crippen molar-refractivity contribution in [3.05, 3.63) is 21.0 Å². The molecule has 17 heavy (non-hydrogen) atoms. The minimum absolute atomic E-state index is 0.151. The van der Waals surface area contributed by atoms with E-state index >= 15 is 0 Å². The summed E-state index contributed by atoms with van der Waals surface area (Å²) in [5.74, 6) is 0. The number of hydrogen-bond donors (Lipinski definition) is 1. The third-order valence-electron chi connectivity index (χ3n) is 2.28. The number of nitrogens with zero attached hydrogens (tertiary/aromatic N) is 2. The molecule has 0 atom stereocenters. The van der Waals surface area contributed by atoms with Gasteiger partial charge in [-0.3, -0.25) is 4.79 Å². The number of halogens is 1. The van der Waals surface area contributed by atoms with E-state index in [9.17, 15) is 4.79 Å². The first-order valence-electron chi connectivity index (χ1n) is 5.70. The summed E-state index contributed by atoms with van der Waals surface area (Å²) in [5, 5.41) is 7.05. The van der Waals surface area contributed by atoms with Gasteiger partial charge in [0.05, 0.1) is 18.5 Å². The van der Waals surface area contributed by atoms with Crippen molar-refractivity contribution >= 4 is 21.6 Å². The van der Waals surface area contributed by atoms with Gasteiger partial charge in [0, 0.05) is 20.2 Å². The van der Waals surface area contributed by atoms with Gasteiger partial charge in [-0.2, -0.15) is 5.10 Å². The zero-order chi connectivity index (χ0) is 12.7. The topological polar surface area (TPSA) is 56.1 Å². The Kier molecular flexibility index (Phi) is 6.21. The van der Waals surface area contributed by atoms with Crippen molar-refractivity contribution in [3.8, 4) is 0 Å². The molecule has 0 aromatic carbocycles. The number of nitrogens with one attached hydrogen (secondary N) is 1. The van der Waals surface area contributed by atoms with E-state index in [1.54, 1.807) is 13.2 Å². The van der Waals surface area contributed by atoms with Gasteiger partial charge in [-0.25, -0.2) is 4.68 Å². The van der Waals surface area contributed by atoms with Crippen molar-refractivity contribution in [1.29, 1.82) is 0 Å². The lowest BCUT2D eigenvalue weighted by Crippen LogP contribution is -2.22. The first-order valence-corrected chi connectivity index (χ1v) is 6.49. The molecule has 1 aromatic rings. The molecule has 1 rings (SSSR count). The average Bonchev–Trinajstić information content (AvgIpc) is 2.33. The van der Waals surface area contributed by atoms with Gasteiger partial charge in [-0.05, 0) is 22.4 Å². The Morgan fingerprint density at radius 1 is 1.53 bits per heavy atom. The van der Waals surface area contributed by atoms with Crippen LogP contribution in [0, 0.1) is 0 Å². The predicted octanol–water partition coefficient (Wildman–Crippen LogP) is 1.77. The van der Waals surface area contributed by atoms with Crippen molar-refractivity contribution in [1.82, 2.24) is 9.78 Å². The summed E-state index contributed by atoms with van der Waals surface area (Å²) in [5.41, 5.74) is 0.550. The normalized spacial score (nSPS) is 10.5. The van der Waals surface area contributed by atoms with Crippen LogP contribution >= 0.6 is 15.9 Å². The number of hydrogen-bond acceptors (Lipinski definition) is 4. The molecule has 0 saturated carbocycles. The molecule has 0 aliphatic carbocycles. The molecule has 0 aliphatic rings. The molecular weight excluding hydrogens is 286 g/mol. The quantitative estimate of drug-likeness (QED) is 0.780. The predicted molar refractivity (Wildman–Crippen MR) is 71.4 cm³/mol. The molecule has 1 aromatic heterocycles. The second-order valence-corrected chi connectivity index (χ2v) is 4.49. The minimum Gasteiger partial charge on any atom is -0.380 e. The van der Waals surface area contributed by atoms with Gasteiger partial charge in [0.1, 0.15) is 4.47 Å². The molecule has 0 fully saturated rings. The Morgan fingerprint density at radius 3 is 3.00 bits per heavy atom. The summed E-state index contributed by atoms with van der Waals surface area (Å²) in [7, 11) is 1.62. The Bertz CT molecular complexity index is 406. The monoisotopic (exact) mass is 303 g/mol. The van der Waals surface area contributed by atoms with Gasteiger partial charge in [0.2, 0.25) is 0 Å². The first-order chi connectivity index (χ1) is 8.16. The first kappa shape index (κ1) is 14.2. The third-order valence-corrected chi connectivity index (χ3v) is 3.05. The second-order valence-electron chi connectivity index (χ2n) is 3.69. The summed E-state index contributed by atoms with van der Waals surface area (Å²) < 4.78 is 7.20. The zero-order valence-corrected chi connectivity index (χ0v) is 11.8. The Morgan fingerprint density at radius 2 is 2.29 bits per heavy atom. The summed E-state index contributed by atoms with van der Waals surface area (Å²) >= 11 is 3.25. The lowest BCUT2D eigenvalue weighted by atomic mass is 10.4. The standard InChI is InChI=1S/C11H18BrN3O2/c1-3-4-6-17-7-5-13-9-8-14-15(2)11(16)10(9)12/h8,13H,3-7H2,1-2H3. The number of rotatable bonds is 7. The highest BCUT2D eigenvalue weighted by Gasteiger charge is 2.05. The summed E-state index contributed by atoms with van der Waals surface area (Å²) in [4.78, 5) is 11.5. The third kappa shape index (κ3) is 4.47. The second kappa shape index (κ2) is 7.45. The van der Waals surface area contributed by atoms with E-state index < -0.39 is 0 Å². The number of ether oxygens (including phenoxy) is 1. The molecule has 96 valence electrons. The highest BCUT2D eigenvalue weighted by Crippen LogP contribution is 2.15. The van der Waals surface area contributed by atoms with Crippen LogP contribution in [0.15, 0.2) is 15.5 Å². The van der Waals surface area contributed by atoms with Crippen molar-refractivity contribution in [3.63, 3.8) is 0 Å². The minimum atomic E-state index is -0.151. The van der Waals surface area contributed by atoms with E-state index in [0.717, 1.165) is 19.4 Å². The van der Waals surface area contributed by atoms with Gasteiger partial charge >= 0.3 is 0 Å². The van der Waals surface area contributed by atoms with Crippen LogP contribution in [-0.4, -0.2) is 29.5 Å². The van der Waals surface area contributed by atoms with Gasteiger partial charge < -0.3 is 10.1 Å². The largest absolute Gasteiger partial charge is 0.380 e. The van der Waals surface area contributed by atoms with Crippen molar-refractivity contribution in [2.24, 2.45) is 7.05 Å². The van der Waals surface area contributed by atoms with Crippen LogP contribution in [0.1, 0.15) is 19.8 Å². The lowest BCUT2D eigenvalue weighted by molar-refractivity contribution is 0.141. The highest BCUT2D eigenvalue weighted by atomic mass is 79.9. The van der Waals surface area contributed by atoms with E-state index in [-0.39, 0.29) is 5.56 Å². The smallest absolute Gasteiger partial charge is 0.282 e. The van der Waals surface area contributed by atoms with E-state index in [4.69, 9.17) is 4.74 Å². The number of unbranched alkanes of at least 4 members (excludes halogenated alkanes) is 1. The van der Waals surface area contributed by atoms with Crippen LogP contribution in [0.4, 0.5) is 5.69 Å². The number of aromatic nitrogens is 2. The Labute approximate surface area is 109 Å². The Hall–Kier alpha value is -0.880. The SMILES string of the molecule is CCCCOCCNc1cnn(C)c(=O)c1Br. The fraction of sp³-hybridized carbons (Fsp3) is 0.636. The molecule has 1 N–H and O–H groups in total. The fourth-order valence-corrected chi connectivity index (χ4v) is 1.74. The molecule has 1 heterocycles. The van der Waals surface area contributed by atoms with E-state index in [1.807, 2.05) is 0 Å². The molecule has 0 aliphatic heterocycles. The van der Waals surface area contributed by atoms with Crippen LogP contribution in [0.25, 0.3) is 0 Å². The molecule has 6 heteroatoms. The van der Waals surface area contributed by atoms with Crippen molar-refractivity contribution in [2.75, 3.05) is 25.1 Å². The highest BCUT2D eigenvalue weighted by molar-refractivity contribution is 9.10. The van der Waals surface area contributed by atoms with Gasteiger partial charge in [0.25, 0.3) is 5.56 Å². The molecule has 0 amide bonds. The molecule has 0 spiro atoms. The summed E-state index contributed by atoms with van der Waals surface area (Å²) in [6, 6.07) is 0. The Balaban J connectivity index is 2.37. The molecule has 0 unspecified atom stereocenters. The van der Waals surface area contributed by atoms with E-state index in [1.165, 1.54) is 4.68 Å². The maximum absolute atomic E-state index is 11.5. The maximum atomic E-state index is 11.5. The average molecular weight is 304 g/mol. The van der Waals surface area contributed by atoms with Crippen LogP contribution in [0.3, 0.4) is 0 Å². The van der Waals surface area contributed by atoms with Gasteiger partial charge in [-0.15, -0.1) is 0 Å². The maximum Gasteiger partial charge on any atom is 0.282 e. The molecular formula is C11H18BrN3O2. The summed E-state index contributed by atoms with van der Waals surface area (Å²) in [6.45, 7) is 4.21.